The number of aryl methyl sites for hydroxylation is 1. The van der Waals surface area contributed by atoms with Crippen LogP contribution in [0.3, 0.4) is 0 Å². The van der Waals surface area contributed by atoms with Crippen molar-refractivity contribution in [2.24, 2.45) is 0 Å². The van der Waals surface area contributed by atoms with Gasteiger partial charge in [-0.1, -0.05) is 19.1 Å². The van der Waals surface area contributed by atoms with Gasteiger partial charge in [0.1, 0.15) is 23.3 Å². The Morgan fingerprint density at radius 1 is 1.33 bits per heavy atom. The monoisotopic (exact) mass is 420 g/mol. The minimum absolute atomic E-state index is 0.0903. The SMILES string of the molecule is CCc1ccc2c(COC(=O)c3cc(C4CC4)nc(SC)c3C#N)cc(=O)oc2c1. The van der Waals surface area contributed by atoms with Crippen molar-refractivity contribution in [2.45, 2.75) is 43.7 Å². The van der Waals surface area contributed by atoms with Crippen molar-refractivity contribution in [3.05, 3.63) is 68.7 Å². The Balaban J connectivity index is 1.65. The molecule has 152 valence electrons. The molecule has 0 atom stereocenters. The summed E-state index contributed by atoms with van der Waals surface area (Å²) in [5.74, 6) is -0.261. The first-order valence-corrected chi connectivity index (χ1v) is 11.0. The fourth-order valence-corrected chi connectivity index (χ4v) is 3.94. The molecule has 1 fully saturated rings. The molecule has 30 heavy (non-hydrogen) atoms. The summed E-state index contributed by atoms with van der Waals surface area (Å²) in [5, 5.41) is 10.8. The van der Waals surface area contributed by atoms with Crippen LogP contribution in [0.4, 0.5) is 0 Å². The molecule has 0 radical (unpaired) electrons. The lowest BCUT2D eigenvalue weighted by atomic mass is 10.1. The summed E-state index contributed by atoms with van der Waals surface area (Å²) >= 11 is 1.34. The fourth-order valence-electron chi connectivity index (χ4n) is 3.38. The Labute approximate surface area is 177 Å². The largest absolute Gasteiger partial charge is 0.457 e. The van der Waals surface area contributed by atoms with Gasteiger partial charge in [0.25, 0.3) is 0 Å². The molecule has 0 aliphatic heterocycles. The second-order valence-corrected chi connectivity index (χ2v) is 8.01. The van der Waals surface area contributed by atoms with Crippen LogP contribution in [0, 0.1) is 11.3 Å². The van der Waals surface area contributed by atoms with Gasteiger partial charge >= 0.3 is 11.6 Å². The van der Waals surface area contributed by atoms with E-state index >= 15 is 0 Å². The van der Waals surface area contributed by atoms with Gasteiger partial charge in [-0.3, -0.25) is 0 Å². The molecule has 0 saturated heterocycles. The molecular formula is C23H20N2O4S. The highest BCUT2D eigenvalue weighted by Crippen LogP contribution is 2.40. The van der Waals surface area contributed by atoms with Gasteiger partial charge in [0.2, 0.25) is 0 Å². The highest BCUT2D eigenvalue weighted by molar-refractivity contribution is 7.98. The maximum absolute atomic E-state index is 12.9. The predicted octanol–water partition coefficient (Wildman–Crippen LogP) is 4.58. The molecule has 1 aromatic carbocycles. The average Bonchev–Trinajstić information content (AvgIpc) is 3.61. The van der Waals surface area contributed by atoms with Crippen molar-refractivity contribution in [3.8, 4) is 6.07 Å². The van der Waals surface area contributed by atoms with Gasteiger partial charge in [-0.05, 0) is 43.2 Å². The van der Waals surface area contributed by atoms with E-state index in [0.29, 0.717) is 22.1 Å². The van der Waals surface area contributed by atoms with Crippen LogP contribution in [-0.4, -0.2) is 17.2 Å². The Morgan fingerprint density at radius 2 is 2.13 bits per heavy atom. The number of hydrogen-bond acceptors (Lipinski definition) is 7. The summed E-state index contributed by atoms with van der Waals surface area (Å²) in [5.41, 5.74) is 2.86. The molecule has 2 heterocycles. The third-order valence-electron chi connectivity index (χ3n) is 5.19. The number of esters is 1. The van der Waals surface area contributed by atoms with Gasteiger partial charge in [0, 0.05) is 28.6 Å². The second-order valence-electron chi connectivity index (χ2n) is 7.22. The number of carbonyl (C=O) groups is 1. The number of rotatable bonds is 6. The standard InChI is InChI=1S/C23H20N2O4S/c1-3-13-4-7-16-15(9-21(26)29-20(16)8-13)12-28-23(27)17-10-19(14-5-6-14)25-22(30-2)18(17)11-24/h4,7-10,14H,3,5-6,12H2,1-2H3. The number of ether oxygens (including phenoxy) is 1. The molecule has 0 unspecified atom stereocenters. The number of hydrogen-bond donors (Lipinski definition) is 0. The summed E-state index contributed by atoms with van der Waals surface area (Å²) in [7, 11) is 0. The van der Waals surface area contributed by atoms with Gasteiger partial charge in [-0.15, -0.1) is 11.8 Å². The zero-order valence-electron chi connectivity index (χ0n) is 16.7. The number of nitrogens with zero attached hydrogens (tertiary/aromatic N) is 2. The van der Waals surface area contributed by atoms with E-state index < -0.39 is 11.6 Å². The van der Waals surface area contributed by atoms with E-state index in [1.807, 2.05) is 31.4 Å². The number of benzene rings is 1. The minimum atomic E-state index is -0.599. The summed E-state index contributed by atoms with van der Waals surface area (Å²) < 4.78 is 10.8. The smallest absolute Gasteiger partial charge is 0.339 e. The van der Waals surface area contributed by atoms with Gasteiger partial charge < -0.3 is 9.15 Å². The van der Waals surface area contributed by atoms with Crippen molar-refractivity contribution in [2.75, 3.05) is 6.26 Å². The van der Waals surface area contributed by atoms with E-state index in [2.05, 4.69) is 11.1 Å². The third-order valence-corrected chi connectivity index (χ3v) is 5.87. The van der Waals surface area contributed by atoms with Crippen LogP contribution in [0.15, 0.2) is 44.6 Å². The molecule has 0 spiro atoms. The first-order chi connectivity index (χ1) is 14.5. The van der Waals surface area contributed by atoms with E-state index in [1.54, 1.807) is 6.07 Å². The highest BCUT2D eigenvalue weighted by Gasteiger charge is 2.29. The van der Waals surface area contributed by atoms with Crippen molar-refractivity contribution < 1.29 is 13.9 Å². The normalized spacial score (nSPS) is 13.2. The third kappa shape index (κ3) is 3.96. The lowest BCUT2D eigenvalue weighted by Gasteiger charge is -2.11. The van der Waals surface area contributed by atoms with Crippen LogP contribution in [0.2, 0.25) is 0 Å². The number of aromatic nitrogens is 1. The molecule has 0 N–H and O–H groups in total. The molecular weight excluding hydrogens is 400 g/mol. The van der Waals surface area contributed by atoms with Crippen molar-refractivity contribution in [3.63, 3.8) is 0 Å². The van der Waals surface area contributed by atoms with Gasteiger partial charge in [-0.2, -0.15) is 5.26 Å². The van der Waals surface area contributed by atoms with Crippen molar-refractivity contribution >= 4 is 28.7 Å². The van der Waals surface area contributed by atoms with E-state index in [4.69, 9.17) is 9.15 Å². The quantitative estimate of drug-likeness (QED) is 0.327. The first kappa shape index (κ1) is 20.2. The maximum Gasteiger partial charge on any atom is 0.339 e. The van der Waals surface area contributed by atoms with E-state index in [0.717, 1.165) is 35.9 Å². The highest BCUT2D eigenvalue weighted by atomic mass is 32.2. The van der Waals surface area contributed by atoms with Crippen LogP contribution >= 0.6 is 11.8 Å². The molecule has 7 heteroatoms. The summed E-state index contributed by atoms with van der Waals surface area (Å²) in [6.45, 7) is 1.93. The summed E-state index contributed by atoms with van der Waals surface area (Å²) in [4.78, 5) is 29.4. The molecule has 3 aromatic rings. The minimum Gasteiger partial charge on any atom is -0.457 e. The number of carbonyl (C=O) groups excluding carboxylic acids is 1. The Hall–Kier alpha value is -3.11. The van der Waals surface area contributed by atoms with Gasteiger partial charge in [0.05, 0.1) is 11.1 Å². The van der Waals surface area contributed by atoms with Gasteiger partial charge in [0.15, 0.2) is 0 Å². The number of nitriles is 1. The molecule has 0 amide bonds. The molecule has 1 saturated carbocycles. The molecule has 1 aliphatic rings. The summed E-state index contributed by atoms with van der Waals surface area (Å²) in [6, 6.07) is 10.7. The lowest BCUT2D eigenvalue weighted by molar-refractivity contribution is 0.0472. The van der Waals surface area contributed by atoms with Crippen LogP contribution in [0.5, 0.6) is 0 Å². The molecule has 0 bridgehead atoms. The Kier molecular flexibility index (Phi) is 5.60. The second kappa shape index (κ2) is 8.33. The van der Waals surface area contributed by atoms with Crippen LogP contribution in [-0.2, 0) is 17.8 Å². The Bertz CT molecular complexity index is 1240. The van der Waals surface area contributed by atoms with Crippen molar-refractivity contribution in [1.29, 1.82) is 5.26 Å². The van der Waals surface area contributed by atoms with Crippen LogP contribution in [0.25, 0.3) is 11.0 Å². The maximum atomic E-state index is 12.9. The summed E-state index contributed by atoms with van der Waals surface area (Å²) in [6.07, 6.45) is 4.72. The van der Waals surface area contributed by atoms with Gasteiger partial charge in [-0.25, -0.2) is 14.6 Å². The zero-order chi connectivity index (χ0) is 21.3. The fraction of sp³-hybridized carbons (Fsp3) is 0.304. The topological polar surface area (TPSA) is 93.2 Å². The predicted molar refractivity (Wildman–Crippen MR) is 114 cm³/mol. The van der Waals surface area contributed by atoms with Crippen LogP contribution in [0.1, 0.15) is 58.4 Å². The molecule has 4 rings (SSSR count). The first-order valence-electron chi connectivity index (χ1n) is 9.75. The van der Waals surface area contributed by atoms with E-state index in [1.165, 1.54) is 17.8 Å². The van der Waals surface area contributed by atoms with E-state index in [9.17, 15) is 14.9 Å². The van der Waals surface area contributed by atoms with E-state index in [-0.39, 0.29) is 17.7 Å². The molecule has 2 aromatic heterocycles. The molecule has 6 nitrogen and oxygen atoms in total. The average molecular weight is 420 g/mol. The van der Waals surface area contributed by atoms with Crippen LogP contribution < -0.4 is 5.63 Å². The van der Waals surface area contributed by atoms with Crippen molar-refractivity contribution in [1.82, 2.24) is 4.98 Å². The Morgan fingerprint density at radius 3 is 2.80 bits per heavy atom. The number of fused-ring (bicyclic) bond motifs is 1. The zero-order valence-corrected chi connectivity index (χ0v) is 17.5. The number of pyridine rings is 1. The lowest BCUT2D eigenvalue weighted by Crippen LogP contribution is -2.11. The number of thioether (sulfide) groups is 1. The molecule has 1 aliphatic carbocycles.